The number of imidazole rings is 1. The van der Waals surface area contributed by atoms with Crippen LogP contribution in [0.1, 0.15) is 76.1 Å². The summed E-state index contributed by atoms with van der Waals surface area (Å²) in [5.74, 6) is 3.52. The van der Waals surface area contributed by atoms with Gasteiger partial charge in [-0.15, -0.1) is 0 Å². The van der Waals surface area contributed by atoms with Gasteiger partial charge in [-0.1, -0.05) is 27.7 Å². The van der Waals surface area contributed by atoms with Crippen LogP contribution in [0.3, 0.4) is 0 Å². The quantitative estimate of drug-likeness (QED) is 0.893. The standard InChI is InChI=1S/C17H29N3/c1-11(2)17-19-14-10-18-8-7-16(14)20(17)15-6-5-12(3)9-13(15)4/h11-13,15,18H,5-10H2,1-4H3. The smallest absolute Gasteiger partial charge is 0.112 e. The minimum atomic E-state index is 0.521. The molecule has 0 spiro atoms. The Morgan fingerprint density at radius 1 is 1.25 bits per heavy atom. The summed E-state index contributed by atoms with van der Waals surface area (Å²) in [6, 6.07) is 0.679. The number of fused-ring (bicyclic) bond motifs is 1. The number of hydrogen-bond acceptors (Lipinski definition) is 2. The normalized spacial score (nSPS) is 30.6. The van der Waals surface area contributed by atoms with E-state index >= 15 is 0 Å². The molecule has 0 amide bonds. The highest BCUT2D eigenvalue weighted by Crippen LogP contribution is 2.40. The molecule has 3 atom stereocenters. The summed E-state index contributed by atoms with van der Waals surface area (Å²) >= 11 is 0. The van der Waals surface area contributed by atoms with Crippen LogP contribution in [0.15, 0.2) is 0 Å². The number of aromatic nitrogens is 2. The monoisotopic (exact) mass is 275 g/mol. The lowest BCUT2D eigenvalue weighted by atomic mass is 9.79. The summed E-state index contributed by atoms with van der Waals surface area (Å²) in [4.78, 5) is 4.98. The van der Waals surface area contributed by atoms with Gasteiger partial charge in [-0.2, -0.15) is 0 Å². The molecule has 20 heavy (non-hydrogen) atoms. The van der Waals surface area contributed by atoms with Crippen molar-refractivity contribution in [1.29, 1.82) is 0 Å². The summed E-state index contributed by atoms with van der Waals surface area (Å²) in [7, 11) is 0. The van der Waals surface area contributed by atoms with E-state index in [2.05, 4.69) is 37.6 Å². The van der Waals surface area contributed by atoms with Crippen molar-refractivity contribution in [2.45, 2.75) is 71.9 Å². The Morgan fingerprint density at radius 3 is 2.75 bits per heavy atom. The first kappa shape index (κ1) is 14.1. The molecule has 3 rings (SSSR count). The predicted molar refractivity (Wildman–Crippen MR) is 82.9 cm³/mol. The summed E-state index contributed by atoms with van der Waals surface area (Å²) in [5.41, 5.74) is 2.84. The lowest BCUT2D eigenvalue weighted by Gasteiger charge is -2.36. The van der Waals surface area contributed by atoms with Gasteiger partial charge in [-0.3, -0.25) is 0 Å². The molecule has 2 heterocycles. The third-order valence-corrected chi connectivity index (χ3v) is 5.19. The molecule has 1 fully saturated rings. The fourth-order valence-electron chi connectivity index (χ4n) is 4.16. The average Bonchev–Trinajstić information content (AvgIpc) is 2.78. The Hall–Kier alpha value is -0.830. The van der Waals surface area contributed by atoms with Gasteiger partial charge in [0.1, 0.15) is 5.82 Å². The molecule has 2 aliphatic rings. The van der Waals surface area contributed by atoms with Crippen LogP contribution in [0.25, 0.3) is 0 Å². The van der Waals surface area contributed by atoms with Gasteiger partial charge in [0, 0.05) is 37.2 Å². The molecule has 1 aromatic heterocycles. The lowest BCUT2D eigenvalue weighted by molar-refractivity contribution is 0.199. The van der Waals surface area contributed by atoms with Gasteiger partial charge in [-0.05, 0) is 31.1 Å². The van der Waals surface area contributed by atoms with Crippen molar-refractivity contribution in [3.05, 3.63) is 17.2 Å². The van der Waals surface area contributed by atoms with Crippen LogP contribution in [-0.2, 0) is 13.0 Å². The molecule has 1 aliphatic heterocycles. The molecule has 0 aromatic carbocycles. The van der Waals surface area contributed by atoms with Gasteiger partial charge in [0.15, 0.2) is 0 Å². The number of hydrogen-bond donors (Lipinski definition) is 1. The minimum Gasteiger partial charge on any atom is -0.328 e. The topological polar surface area (TPSA) is 29.9 Å². The van der Waals surface area contributed by atoms with Crippen LogP contribution >= 0.6 is 0 Å². The molecule has 3 unspecified atom stereocenters. The van der Waals surface area contributed by atoms with E-state index in [-0.39, 0.29) is 0 Å². The lowest BCUT2D eigenvalue weighted by Crippen LogP contribution is -2.30. The molecule has 0 bridgehead atoms. The number of nitrogens with zero attached hydrogens (tertiary/aromatic N) is 2. The largest absolute Gasteiger partial charge is 0.328 e. The Labute approximate surface area is 123 Å². The second-order valence-corrected chi connectivity index (χ2v) is 7.28. The first-order valence-corrected chi connectivity index (χ1v) is 8.38. The van der Waals surface area contributed by atoms with E-state index in [0.29, 0.717) is 12.0 Å². The minimum absolute atomic E-state index is 0.521. The maximum atomic E-state index is 4.98. The zero-order valence-electron chi connectivity index (χ0n) is 13.4. The van der Waals surface area contributed by atoms with Crippen molar-refractivity contribution >= 4 is 0 Å². The first-order chi connectivity index (χ1) is 9.58. The zero-order chi connectivity index (χ0) is 14.3. The summed E-state index contributed by atoms with van der Waals surface area (Å²) in [6.45, 7) is 11.5. The van der Waals surface area contributed by atoms with E-state index in [0.717, 1.165) is 31.3 Å². The third kappa shape index (κ3) is 2.41. The molecular formula is C17H29N3. The van der Waals surface area contributed by atoms with Crippen molar-refractivity contribution in [2.24, 2.45) is 11.8 Å². The molecule has 1 saturated carbocycles. The summed E-state index contributed by atoms with van der Waals surface area (Å²) in [5, 5.41) is 3.47. The van der Waals surface area contributed by atoms with Gasteiger partial charge in [0.05, 0.1) is 5.69 Å². The van der Waals surface area contributed by atoms with Crippen LogP contribution < -0.4 is 5.32 Å². The van der Waals surface area contributed by atoms with Crippen molar-refractivity contribution in [1.82, 2.24) is 14.9 Å². The van der Waals surface area contributed by atoms with Gasteiger partial charge in [-0.25, -0.2) is 4.98 Å². The van der Waals surface area contributed by atoms with Gasteiger partial charge in [0.25, 0.3) is 0 Å². The number of rotatable bonds is 2. The SMILES string of the molecule is CC1CCC(n2c(C(C)C)nc3c2CCNC3)C(C)C1. The second-order valence-electron chi connectivity index (χ2n) is 7.28. The Balaban J connectivity index is 2.00. The highest BCUT2D eigenvalue weighted by atomic mass is 15.1. The van der Waals surface area contributed by atoms with Crippen LogP contribution in [0.2, 0.25) is 0 Å². The Morgan fingerprint density at radius 2 is 2.05 bits per heavy atom. The van der Waals surface area contributed by atoms with Crippen LogP contribution in [0.5, 0.6) is 0 Å². The molecule has 112 valence electrons. The van der Waals surface area contributed by atoms with Crippen LogP contribution in [-0.4, -0.2) is 16.1 Å². The molecule has 1 aliphatic carbocycles. The number of nitrogens with one attached hydrogen (secondary N) is 1. The van der Waals surface area contributed by atoms with Gasteiger partial charge >= 0.3 is 0 Å². The zero-order valence-corrected chi connectivity index (χ0v) is 13.4. The van der Waals surface area contributed by atoms with Crippen LogP contribution in [0, 0.1) is 11.8 Å². The van der Waals surface area contributed by atoms with E-state index in [1.54, 1.807) is 0 Å². The second kappa shape index (κ2) is 5.51. The molecule has 0 radical (unpaired) electrons. The van der Waals surface area contributed by atoms with E-state index in [1.807, 2.05) is 0 Å². The van der Waals surface area contributed by atoms with Gasteiger partial charge < -0.3 is 9.88 Å². The van der Waals surface area contributed by atoms with E-state index < -0.39 is 0 Å². The van der Waals surface area contributed by atoms with E-state index in [9.17, 15) is 0 Å². The Kier molecular flexibility index (Phi) is 3.89. The highest BCUT2D eigenvalue weighted by molar-refractivity contribution is 5.23. The maximum Gasteiger partial charge on any atom is 0.112 e. The average molecular weight is 275 g/mol. The maximum absolute atomic E-state index is 4.98. The molecule has 1 aromatic rings. The molecule has 0 saturated heterocycles. The van der Waals surface area contributed by atoms with Crippen molar-refractivity contribution < 1.29 is 0 Å². The van der Waals surface area contributed by atoms with Crippen molar-refractivity contribution in [3.63, 3.8) is 0 Å². The van der Waals surface area contributed by atoms with E-state index in [1.165, 1.54) is 36.5 Å². The fraction of sp³-hybridized carbons (Fsp3) is 0.824. The van der Waals surface area contributed by atoms with Crippen molar-refractivity contribution in [2.75, 3.05) is 6.54 Å². The molecule has 3 nitrogen and oxygen atoms in total. The summed E-state index contributed by atoms with van der Waals surface area (Å²) < 4.78 is 2.65. The highest BCUT2D eigenvalue weighted by Gasteiger charge is 2.32. The molecule has 1 N–H and O–H groups in total. The third-order valence-electron chi connectivity index (χ3n) is 5.19. The molecule has 3 heteroatoms. The van der Waals surface area contributed by atoms with Crippen LogP contribution in [0.4, 0.5) is 0 Å². The predicted octanol–water partition coefficient (Wildman–Crippen LogP) is 3.65. The fourth-order valence-corrected chi connectivity index (χ4v) is 4.16. The first-order valence-electron chi connectivity index (χ1n) is 8.38. The van der Waals surface area contributed by atoms with Gasteiger partial charge in [0.2, 0.25) is 0 Å². The van der Waals surface area contributed by atoms with E-state index in [4.69, 9.17) is 4.98 Å². The summed E-state index contributed by atoms with van der Waals surface area (Å²) in [6.07, 6.45) is 5.22. The Bertz CT molecular complexity index is 475. The molecular weight excluding hydrogens is 246 g/mol. The van der Waals surface area contributed by atoms with Crippen molar-refractivity contribution in [3.8, 4) is 0 Å².